The maximum atomic E-state index is 10.5. The van der Waals surface area contributed by atoms with Gasteiger partial charge >= 0.3 is 5.97 Å². The van der Waals surface area contributed by atoms with Crippen molar-refractivity contribution in [3.63, 3.8) is 0 Å². The monoisotopic (exact) mass is 198 g/mol. The lowest BCUT2D eigenvalue weighted by Gasteiger charge is -2.26. The van der Waals surface area contributed by atoms with Crippen molar-refractivity contribution in [1.82, 2.24) is 4.90 Å². The Morgan fingerprint density at radius 2 is 2.29 bits per heavy atom. The second-order valence-corrected chi connectivity index (χ2v) is 3.34. The molecule has 1 unspecified atom stereocenters. The number of unbranched alkanes of at least 4 members (excludes halogenated alkanes) is 1. The topological polar surface area (TPSA) is 64.3 Å². The molecule has 0 bridgehead atoms. The summed E-state index contributed by atoms with van der Waals surface area (Å²) < 4.78 is 0. The third-order valence-electron chi connectivity index (χ3n) is 2.23. The summed E-state index contributed by atoms with van der Waals surface area (Å²) in [5, 5.41) is 17.0. The van der Waals surface area contributed by atoms with Gasteiger partial charge in [-0.3, -0.25) is 4.79 Å². The lowest BCUT2D eigenvalue weighted by molar-refractivity contribution is -0.138. The van der Waals surface area contributed by atoms with E-state index in [1.165, 1.54) is 0 Å². The summed E-state index contributed by atoms with van der Waals surface area (Å²) >= 11 is 0. The number of nitriles is 1. The first-order valence-electron chi connectivity index (χ1n) is 4.94. The third-order valence-corrected chi connectivity index (χ3v) is 2.23. The average Bonchev–Trinajstić information content (AvgIpc) is 2.11. The normalized spacial score (nSPS) is 12.4. The summed E-state index contributed by atoms with van der Waals surface area (Å²) in [6.45, 7) is 5.55. The lowest BCUT2D eigenvalue weighted by Crippen LogP contribution is -2.35. The minimum atomic E-state index is -0.767. The number of nitrogens with zero attached hydrogens (tertiary/aromatic N) is 2. The number of hydrogen-bond donors (Lipinski definition) is 1. The summed E-state index contributed by atoms with van der Waals surface area (Å²) in [4.78, 5) is 12.6. The van der Waals surface area contributed by atoms with Gasteiger partial charge in [0.25, 0.3) is 0 Å². The molecule has 1 atom stereocenters. The number of carboxylic acid groups (broad SMARTS) is 1. The molecular formula is C10H18N2O2. The molecule has 4 heteroatoms. The Bertz CT molecular complexity index is 211. The molecule has 0 aromatic carbocycles. The highest BCUT2D eigenvalue weighted by Gasteiger charge is 2.14. The fourth-order valence-electron chi connectivity index (χ4n) is 1.43. The number of rotatable bonds is 7. The summed E-state index contributed by atoms with van der Waals surface area (Å²) in [5.41, 5.74) is 0. The van der Waals surface area contributed by atoms with Crippen molar-refractivity contribution in [2.24, 2.45) is 0 Å². The van der Waals surface area contributed by atoms with Gasteiger partial charge in [-0.25, -0.2) is 0 Å². The Balaban J connectivity index is 3.87. The Kier molecular flexibility index (Phi) is 6.77. The number of carbonyl (C=O) groups is 1. The molecule has 0 aliphatic heterocycles. The van der Waals surface area contributed by atoms with Crippen molar-refractivity contribution in [1.29, 1.82) is 5.26 Å². The standard InChI is InChI=1S/C10H18N2O2/c1-3-12(7-5-4-6-11)9(2)8-10(13)14/h9H,3-5,7-8H2,1-2H3,(H,13,14). The van der Waals surface area contributed by atoms with E-state index in [4.69, 9.17) is 10.4 Å². The second-order valence-electron chi connectivity index (χ2n) is 3.34. The fraction of sp³-hybridized carbons (Fsp3) is 0.800. The van der Waals surface area contributed by atoms with E-state index in [0.29, 0.717) is 6.42 Å². The minimum Gasteiger partial charge on any atom is -0.481 e. The van der Waals surface area contributed by atoms with Gasteiger partial charge in [0.15, 0.2) is 0 Å². The molecular weight excluding hydrogens is 180 g/mol. The van der Waals surface area contributed by atoms with E-state index in [-0.39, 0.29) is 12.5 Å². The molecule has 1 N–H and O–H groups in total. The second kappa shape index (κ2) is 7.34. The van der Waals surface area contributed by atoms with Gasteiger partial charge in [-0.2, -0.15) is 5.26 Å². The maximum absolute atomic E-state index is 10.5. The van der Waals surface area contributed by atoms with Crippen LogP contribution in [-0.2, 0) is 4.79 Å². The van der Waals surface area contributed by atoms with E-state index in [1.807, 2.05) is 13.8 Å². The molecule has 0 fully saturated rings. The van der Waals surface area contributed by atoms with Crippen LogP contribution < -0.4 is 0 Å². The van der Waals surface area contributed by atoms with E-state index in [9.17, 15) is 4.79 Å². The average molecular weight is 198 g/mol. The summed E-state index contributed by atoms with van der Waals surface area (Å²) in [7, 11) is 0. The molecule has 0 aliphatic rings. The Labute approximate surface area is 85.1 Å². The minimum absolute atomic E-state index is 0.0520. The maximum Gasteiger partial charge on any atom is 0.304 e. The van der Waals surface area contributed by atoms with E-state index in [1.54, 1.807) is 0 Å². The van der Waals surface area contributed by atoms with Crippen LogP contribution in [0.25, 0.3) is 0 Å². The highest BCUT2D eigenvalue weighted by molar-refractivity contribution is 5.67. The molecule has 0 saturated carbocycles. The molecule has 0 rings (SSSR count). The summed E-state index contributed by atoms with van der Waals surface area (Å²) in [5.74, 6) is -0.767. The van der Waals surface area contributed by atoms with Crippen molar-refractivity contribution in [2.75, 3.05) is 13.1 Å². The van der Waals surface area contributed by atoms with Crippen LogP contribution in [0, 0.1) is 11.3 Å². The number of carboxylic acids is 1. The highest BCUT2D eigenvalue weighted by atomic mass is 16.4. The van der Waals surface area contributed by atoms with Crippen LogP contribution in [0.3, 0.4) is 0 Å². The van der Waals surface area contributed by atoms with Crippen LogP contribution >= 0.6 is 0 Å². The van der Waals surface area contributed by atoms with Crippen molar-refractivity contribution < 1.29 is 9.90 Å². The van der Waals surface area contributed by atoms with E-state index >= 15 is 0 Å². The zero-order valence-electron chi connectivity index (χ0n) is 8.86. The lowest BCUT2D eigenvalue weighted by atomic mass is 10.2. The molecule has 14 heavy (non-hydrogen) atoms. The largest absolute Gasteiger partial charge is 0.481 e. The number of hydrogen-bond acceptors (Lipinski definition) is 3. The molecule has 0 radical (unpaired) electrons. The van der Waals surface area contributed by atoms with Gasteiger partial charge < -0.3 is 10.0 Å². The molecule has 0 aliphatic carbocycles. The van der Waals surface area contributed by atoms with Crippen molar-refractivity contribution in [2.45, 2.75) is 39.2 Å². The van der Waals surface area contributed by atoms with E-state index in [2.05, 4.69) is 11.0 Å². The van der Waals surface area contributed by atoms with Crippen molar-refractivity contribution >= 4 is 5.97 Å². The summed E-state index contributed by atoms with van der Waals surface area (Å²) in [6.07, 6.45) is 1.52. The van der Waals surface area contributed by atoms with Crippen LogP contribution in [0.5, 0.6) is 0 Å². The Morgan fingerprint density at radius 3 is 2.71 bits per heavy atom. The molecule has 0 amide bonds. The van der Waals surface area contributed by atoms with Gasteiger partial charge in [0, 0.05) is 12.5 Å². The smallest absolute Gasteiger partial charge is 0.304 e. The molecule has 0 heterocycles. The Hall–Kier alpha value is -1.08. The SMILES string of the molecule is CCN(CCCC#N)C(C)CC(=O)O. The first-order valence-corrected chi connectivity index (χ1v) is 4.94. The van der Waals surface area contributed by atoms with Gasteiger partial charge in [-0.1, -0.05) is 6.92 Å². The summed E-state index contributed by atoms with van der Waals surface area (Å²) in [6, 6.07) is 2.14. The van der Waals surface area contributed by atoms with Crippen LogP contribution in [-0.4, -0.2) is 35.1 Å². The zero-order valence-corrected chi connectivity index (χ0v) is 8.86. The third kappa shape index (κ3) is 5.55. The van der Waals surface area contributed by atoms with Crippen LogP contribution in [0.4, 0.5) is 0 Å². The molecule has 0 spiro atoms. The van der Waals surface area contributed by atoms with Gasteiger partial charge in [-0.15, -0.1) is 0 Å². The molecule has 0 aromatic rings. The molecule has 0 saturated heterocycles. The van der Waals surface area contributed by atoms with Crippen molar-refractivity contribution in [3.05, 3.63) is 0 Å². The Morgan fingerprint density at radius 1 is 1.64 bits per heavy atom. The van der Waals surface area contributed by atoms with Gasteiger partial charge in [-0.05, 0) is 26.4 Å². The predicted molar refractivity (Wildman–Crippen MR) is 53.8 cm³/mol. The number of aliphatic carboxylic acids is 1. The van der Waals surface area contributed by atoms with Gasteiger partial charge in [0.1, 0.15) is 0 Å². The molecule has 0 aromatic heterocycles. The first-order chi connectivity index (χ1) is 6.61. The molecule has 4 nitrogen and oxygen atoms in total. The molecule has 80 valence electrons. The van der Waals surface area contributed by atoms with Gasteiger partial charge in [0.2, 0.25) is 0 Å². The van der Waals surface area contributed by atoms with Gasteiger partial charge in [0.05, 0.1) is 12.5 Å². The predicted octanol–water partition coefficient (Wildman–Crippen LogP) is 1.48. The fourth-order valence-corrected chi connectivity index (χ4v) is 1.43. The zero-order chi connectivity index (χ0) is 11.0. The van der Waals surface area contributed by atoms with Crippen LogP contribution in [0.1, 0.15) is 33.1 Å². The van der Waals surface area contributed by atoms with Crippen LogP contribution in [0.2, 0.25) is 0 Å². The first kappa shape index (κ1) is 12.9. The quantitative estimate of drug-likeness (QED) is 0.629. The highest BCUT2D eigenvalue weighted by Crippen LogP contribution is 2.05. The van der Waals surface area contributed by atoms with Crippen LogP contribution in [0.15, 0.2) is 0 Å². The van der Waals surface area contributed by atoms with E-state index in [0.717, 1.165) is 19.5 Å². The van der Waals surface area contributed by atoms with E-state index < -0.39 is 5.97 Å². The van der Waals surface area contributed by atoms with Crippen molar-refractivity contribution in [3.8, 4) is 6.07 Å².